The molecule has 1 saturated carbocycles. The summed E-state index contributed by atoms with van der Waals surface area (Å²) >= 11 is 8.25. The fraction of sp³-hybridized carbons (Fsp3) is 0.828. The van der Waals surface area contributed by atoms with E-state index in [4.69, 9.17) is 11.6 Å². The number of nitrogens with one attached hydrogen (secondary N) is 1. The van der Waals surface area contributed by atoms with Crippen molar-refractivity contribution in [2.45, 2.75) is 136 Å². The molecule has 0 aliphatic heterocycles. The molecular formula is C29H49ClN4OS. The molecule has 1 aliphatic carbocycles. The zero-order chi connectivity index (χ0) is 26.0. The number of aromatic nitrogens is 4. The second-order valence-corrected chi connectivity index (χ2v) is 13.1. The summed E-state index contributed by atoms with van der Waals surface area (Å²) in [5.74, 6) is 2.37. The van der Waals surface area contributed by atoms with Crippen molar-refractivity contribution >= 4 is 34.1 Å². The van der Waals surface area contributed by atoms with Crippen LogP contribution in [-0.4, -0.2) is 30.7 Å². The summed E-state index contributed by atoms with van der Waals surface area (Å²) in [5.41, 5.74) is 1.39. The molecule has 36 heavy (non-hydrogen) atoms. The van der Waals surface area contributed by atoms with E-state index in [0.717, 1.165) is 30.8 Å². The number of aryl methyl sites for hydroxylation is 1. The maximum absolute atomic E-state index is 12.9. The van der Waals surface area contributed by atoms with Crippen LogP contribution < -0.4 is 0 Å². The van der Waals surface area contributed by atoms with Crippen LogP contribution >= 0.6 is 23.4 Å². The van der Waals surface area contributed by atoms with E-state index in [1.807, 2.05) is 4.52 Å². The molecule has 1 fully saturated rings. The predicted octanol–water partition coefficient (Wildman–Crippen LogP) is 8.93. The molecule has 2 aromatic rings. The van der Waals surface area contributed by atoms with Crippen LogP contribution in [0.4, 0.5) is 0 Å². The molecule has 3 rings (SSSR count). The Morgan fingerprint density at radius 2 is 1.61 bits per heavy atom. The van der Waals surface area contributed by atoms with Gasteiger partial charge in [0, 0.05) is 23.5 Å². The summed E-state index contributed by atoms with van der Waals surface area (Å²) in [6.07, 6.45) is 20.2. The fourth-order valence-corrected chi connectivity index (χ4v) is 7.14. The Kier molecular flexibility index (Phi) is 12.1. The lowest BCUT2D eigenvalue weighted by molar-refractivity contribution is -0.116. The first-order chi connectivity index (χ1) is 17.3. The van der Waals surface area contributed by atoms with Crippen LogP contribution in [0.5, 0.6) is 0 Å². The van der Waals surface area contributed by atoms with E-state index in [-0.39, 0.29) is 11.3 Å². The molecule has 7 heteroatoms. The number of nitrogens with zero attached hydrogens (tertiary/aromatic N) is 3. The fourth-order valence-electron chi connectivity index (χ4n) is 5.50. The summed E-state index contributed by atoms with van der Waals surface area (Å²) in [4.78, 5) is 12.9. The SMILES string of the molecule is CCCCCCCCCCCCCc1nnc2c(Cl)c(C(C)(C)CSC(=O)C3CCCCC3C)[nH]n12. The van der Waals surface area contributed by atoms with E-state index in [1.54, 1.807) is 0 Å². The second-order valence-electron chi connectivity index (χ2n) is 11.7. The molecule has 0 radical (unpaired) electrons. The third kappa shape index (κ3) is 8.24. The summed E-state index contributed by atoms with van der Waals surface area (Å²) < 4.78 is 1.96. The van der Waals surface area contributed by atoms with Crippen LogP contribution in [0.2, 0.25) is 5.02 Å². The van der Waals surface area contributed by atoms with E-state index in [0.29, 0.717) is 27.5 Å². The van der Waals surface area contributed by atoms with Gasteiger partial charge < -0.3 is 0 Å². The Hall–Kier alpha value is -1.01. The minimum absolute atomic E-state index is 0.206. The molecule has 0 amide bonds. The number of H-pyrrole nitrogens is 1. The second kappa shape index (κ2) is 14.8. The highest BCUT2D eigenvalue weighted by atomic mass is 35.5. The number of halogens is 1. The summed E-state index contributed by atoms with van der Waals surface area (Å²) in [6.45, 7) is 8.82. The third-order valence-corrected chi connectivity index (χ3v) is 9.85. The van der Waals surface area contributed by atoms with E-state index < -0.39 is 0 Å². The molecule has 2 heterocycles. The highest BCUT2D eigenvalue weighted by Gasteiger charge is 2.33. The van der Waals surface area contributed by atoms with Crippen LogP contribution in [0, 0.1) is 11.8 Å². The van der Waals surface area contributed by atoms with Crippen molar-refractivity contribution in [2.24, 2.45) is 11.8 Å². The number of hydrogen-bond donors (Lipinski definition) is 1. The van der Waals surface area contributed by atoms with Crippen molar-refractivity contribution in [3.8, 4) is 0 Å². The maximum atomic E-state index is 12.9. The Morgan fingerprint density at radius 3 is 2.25 bits per heavy atom. The molecule has 1 aliphatic rings. The van der Waals surface area contributed by atoms with Crippen molar-refractivity contribution in [2.75, 3.05) is 5.75 Å². The highest BCUT2D eigenvalue weighted by Crippen LogP contribution is 2.38. The number of hydrogen-bond acceptors (Lipinski definition) is 4. The normalized spacial score (nSPS) is 18.8. The van der Waals surface area contributed by atoms with Crippen molar-refractivity contribution in [3.05, 3.63) is 16.5 Å². The quantitative estimate of drug-likeness (QED) is 0.217. The summed E-state index contributed by atoms with van der Waals surface area (Å²) in [5, 5.41) is 13.3. The first-order valence-corrected chi connectivity index (χ1v) is 16.0. The Balaban J connectivity index is 1.45. The van der Waals surface area contributed by atoms with Crippen molar-refractivity contribution < 1.29 is 4.79 Å². The number of aromatic amines is 1. The molecule has 2 atom stereocenters. The molecular weight excluding hydrogens is 488 g/mol. The Morgan fingerprint density at radius 1 is 1.00 bits per heavy atom. The van der Waals surface area contributed by atoms with Gasteiger partial charge >= 0.3 is 0 Å². The number of unbranched alkanes of at least 4 members (excludes halogenated alkanes) is 10. The van der Waals surface area contributed by atoms with Crippen LogP contribution in [-0.2, 0) is 16.6 Å². The largest absolute Gasteiger partial charge is 0.293 e. The van der Waals surface area contributed by atoms with Gasteiger partial charge in [-0.25, -0.2) is 4.52 Å². The molecule has 204 valence electrons. The number of carbonyl (C=O) groups is 1. The summed E-state index contributed by atoms with van der Waals surface area (Å²) in [7, 11) is 0. The lowest BCUT2D eigenvalue weighted by Crippen LogP contribution is -2.27. The molecule has 2 unspecified atom stereocenters. The average molecular weight is 537 g/mol. The molecule has 5 nitrogen and oxygen atoms in total. The van der Waals surface area contributed by atoms with Gasteiger partial charge in [0.1, 0.15) is 5.02 Å². The zero-order valence-electron chi connectivity index (χ0n) is 23.2. The van der Waals surface area contributed by atoms with E-state index >= 15 is 0 Å². The van der Waals surface area contributed by atoms with E-state index in [9.17, 15) is 4.79 Å². The molecule has 1 N–H and O–H groups in total. The smallest absolute Gasteiger partial charge is 0.196 e. The lowest BCUT2D eigenvalue weighted by atomic mass is 9.81. The van der Waals surface area contributed by atoms with Crippen molar-refractivity contribution in [1.82, 2.24) is 19.8 Å². The van der Waals surface area contributed by atoms with Crippen LogP contribution in [0.15, 0.2) is 0 Å². The Labute approximate surface area is 228 Å². The van der Waals surface area contributed by atoms with Gasteiger partial charge in [-0.1, -0.05) is 128 Å². The van der Waals surface area contributed by atoms with Gasteiger partial charge in [-0.05, 0) is 25.2 Å². The van der Waals surface area contributed by atoms with Gasteiger partial charge in [-0.2, -0.15) is 0 Å². The molecule has 0 spiro atoms. The topological polar surface area (TPSA) is 63.0 Å². The van der Waals surface area contributed by atoms with Crippen LogP contribution in [0.3, 0.4) is 0 Å². The number of rotatable bonds is 16. The first kappa shape index (κ1) is 29.5. The maximum Gasteiger partial charge on any atom is 0.196 e. The van der Waals surface area contributed by atoms with Crippen molar-refractivity contribution in [1.29, 1.82) is 0 Å². The van der Waals surface area contributed by atoms with Crippen LogP contribution in [0.1, 0.15) is 136 Å². The summed E-state index contributed by atoms with van der Waals surface area (Å²) in [6, 6.07) is 0. The minimum Gasteiger partial charge on any atom is -0.293 e. The van der Waals surface area contributed by atoms with E-state index in [2.05, 4.69) is 43.0 Å². The lowest BCUT2D eigenvalue weighted by Gasteiger charge is -2.29. The minimum atomic E-state index is -0.260. The average Bonchev–Trinajstić information content (AvgIpc) is 3.42. The van der Waals surface area contributed by atoms with Crippen LogP contribution in [0.25, 0.3) is 5.65 Å². The van der Waals surface area contributed by atoms with Gasteiger partial charge in [0.2, 0.25) is 0 Å². The number of thioether (sulfide) groups is 1. The van der Waals surface area contributed by atoms with Gasteiger partial charge in [0.25, 0.3) is 0 Å². The molecule has 0 saturated heterocycles. The molecule has 0 bridgehead atoms. The number of carbonyl (C=O) groups excluding carboxylic acids is 1. The van der Waals surface area contributed by atoms with Gasteiger partial charge in [-0.15, -0.1) is 10.2 Å². The van der Waals surface area contributed by atoms with Gasteiger partial charge in [-0.3, -0.25) is 9.89 Å². The van der Waals surface area contributed by atoms with Crippen molar-refractivity contribution in [3.63, 3.8) is 0 Å². The monoisotopic (exact) mass is 536 g/mol. The highest BCUT2D eigenvalue weighted by molar-refractivity contribution is 8.13. The molecule has 2 aromatic heterocycles. The Bertz CT molecular complexity index is 937. The third-order valence-electron chi connectivity index (χ3n) is 8.04. The molecule has 0 aromatic carbocycles. The number of fused-ring (bicyclic) bond motifs is 1. The zero-order valence-corrected chi connectivity index (χ0v) is 24.8. The van der Waals surface area contributed by atoms with E-state index in [1.165, 1.54) is 95.2 Å². The first-order valence-electron chi connectivity index (χ1n) is 14.6. The van der Waals surface area contributed by atoms with Gasteiger partial charge in [0.15, 0.2) is 16.6 Å². The predicted molar refractivity (Wildman–Crippen MR) is 154 cm³/mol. The van der Waals surface area contributed by atoms with Gasteiger partial charge in [0.05, 0.1) is 5.69 Å². The standard InChI is InChI=1S/C29H49ClN4OS/c1-5-6-7-8-9-10-11-12-13-14-15-20-24-31-32-27-25(30)26(33-34(24)27)29(3,4)21-36-28(35)23-19-17-16-18-22(23)2/h22-23,33H,5-21H2,1-4H3.